The van der Waals surface area contributed by atoms with Crippen LogP contribution in [-0.2, 0) is 12.8 Å². The van der Waals surface area contributed by atoms with Crippen LogP contribution in [-0.4, -0.2) is 6.61 Å². The van der Waals surface area contributed by atoms with Crippen molar-refractivity contribution >= 4 is 23.2 Å². The van der Waals surface area contributed by atoms with Crippen molar-refractivity contribution in [1.82, 2.24) is 0 Å². The maximum absolute atomic E-state index is 13.9. The molecule has 3 rings (SSSR count). The van der Waals surface area contributed by atoms with E-state index in [1.807, 2.05) is 12.1 Å². The summed E-state index contributed by atoms with van der Waals surface area (Å²) >= 11 is 12.2. The summed E-state index contributed by atoms with van der Waals surface area (Å²) in [5, 5.41) is 0.975. The first-order valence-electron chi connectivity index (χ1n) is 6.70. The summed E-state index contributed by atoms with van der Waals surface area (Å²) < 4.78 is 19.6. The van der Waals surface area contributed by atoms with Gasteiger partial charge < -0.3 is 10.5 Å². The third kappa shape index (κ3) is 2.86. The van der Waals surface area contributed by atoms with Crippen LogP contribution in [0.5, 0.6) is 5.75 Å². The van der Waals surface area contributed by atoms with Gasteiger partial charge in [-0.1, -0.05) is 29.3 Å². The lowest BCUT2D eigenvalue weighted by molar-refractivity contribution is 0.352. The molecule has 0 aromatic heterocycles. The Morgan fingerprint density at radius 1 is 1.29 bits per heavy atom. The van der Waals surface area contributed by atoms with Gasteiger partial charge in [0.15, 0.2) is 0 Å². The molecule has 1 heterocycles. The van der Waals surface area contributed by atoms with E-state index < -0.39 is 11.9 Å². The molecule has 0 spiro atoms. The molecule has 2 aromatic carbocycles. The van der Waals surface area contributed by atoms with Crippen molar-refractivity contribution in [2.24, 2.45) is 5.73 Å². The van der Waals surface area contributed by atoms with E-state index in [-0.39, 0.29) is 0 Å². The molecule has 2 aromatic rings. The number of fused-ring (bicyclic) bond motifs is 1. The molecule has 2 N–H and O–H groups in total. The predicted molar refractivity (Wildman–Crippen MR) is 82.7 cm³/mol. The fourth-order valence-corrected chi connectivity index (χ4v) is 3.27. The van der Waals surface area contributed by atoms with Crippen LogP contribution in [0.1, 0.15) is 22.7 Å². The van der Waals surface area contributed by atoms with Gasteiger partial charge in [0.2, 0.25) is 0 Å². The Hall–Kier alpha value is -1.29. The van der Waals surface area contributed by atoms with Crippen molar-refractivity contribution in [1.29, 1.82) is 0 Å². The Kier molecular flexibility index (Phi) is 4.07. The number of hydrogen-bond acceptors (Lipinski definition) is 2. The zero-order valence-electron chi connectivity index (χ0n) is 11.2. The molecule has 21 heavy (non-hydrogen) atoms. The van der Waals surface area contributed by atoms with Crippen molar-refractivity contribution < 1.29 is 9.13 Å². The summed E-state index contributed by atoms with van der Waals surface area (Å²) in [6.45, 7) is 0.637. The quantitative estimate of drug-likeness (QED) is 0.912. The van der Waals surface area contributed by atoms with Crippen molar-refractivity contribution in [3.63, 3.8) is 0 Å². The smallest absolute Gasteiger partial charge is 0.129 e. The lowest BCUT2D eigenvalue weighted by Gasteiger charge is -2.17. The van der Waals surface area contributed by atoms with Gasteiger partial charge in [-0.25, -0.2) is 4.39 Å². The predicted octanol–water partition coefficient (Wildman–Crippen LogP) is 4.31. The molecule has 0 saturated heterocycles. The van der Waals surface area contributed by atoms with Crippen LogP contribution in [0, 0.1) is 5.82 Å². The number of rotatable bonds is 3. The van der Waals surface area contributed by atoms with Gasteiger partial charge in [0.05, 0.1) is 6.61 Å². The molecule has 1 atom stereocenters. The van der Waals surface area contributed by atoms with E-state index in [0.29, 0.717) is 28.6 Å². The van der Waals surface area contributed by atoms with E-state index >= 15 is 0 Å². The molecule has 5 heteroatoms. The Balaban J connectivity index is 1.94. The first-order chi connectivity index (χ1) is 10.1. The summed E-state index contributed by atoms with van der Waals surface area (Å²) in [6.07, 6.45) is 1.25. The Labute approximate surface area is 132 Å². The van der Waals surface area contributed by atoms with Gasteiger partial charge in [-0.15, -0.1) is 0 Å². The fraction of sp³-hybridized carbons (Fsp3) is 0.250. The summed E-state index contributed by atoms with van der Waals surface area (Å²) in [5.74, 6) is 0.428. The molecule has 0 radical (unpaired) electrons. The standard InChI is InChI=1S/C16H14Cl2FNO/c17-11-6-9-4-5-21-16(9)10(7-11)8-14(20)15-12(18)2-1-3-13(15)19/h1-3,6-7,14H,4-5,8,20H2. The highest BCUT2D eigenvalue weighted by molar-refractivity contribution is 6.31. The maximum atomic E-state index is 13.9. The minimum absolute atomic E-state index is 0.325. The molecular weight excluding hydrogens is 312 g/mol. The molecular formula is C16H14Cl2FNO. The largest absolute Gasteiger partial charge is 0.493 e. The van der Waals surface area contributed by atoms with Crippen molar-refractivity contribution in [2.75, 3.05) is 6.61 Å². The molecule has 0 amide bonds. The third-order valence-electron chi connectivity index (χ3n) is 3.64. The minimum Gasteiger partial charge on any atom is -0.493 e. The highest BCUT2D eigenvalue weighted by Crippen LogP contribution is 2.36. The molecule has 2 nitrogen and oxygen atoms in total. The van der Waals surface area contributed by atoms with Gasteiger partial charge in [-0.05, 0) is 41.8 Å². The summed E-state index contributed by atoms with van der Waals surface area (Å²) in [5.41, 5.74) is 8.44. The summed E-state index contributed by atoms with van der Waals surface area (Å²) in [7, 11) is 0. The SMILES string of the molecule is NC(Cc1cc(Cl)cc2c1OCC2)c1c(F)cccc1Cl. The number of hydrogen-bond donors (Lipinski definition) is 1. The van der Waals surface area contributed by atoms with E-state index in [0.717, 1.165) is 23.3 Å². The second-order valence-electron chi connectivity index (χ2n) is 5.10. The molecule has 110 valence electrons. The van der Waals surface area contributed by atoms with Gasteiger partial charge in [0.25, 0.3) is 0 Å². The summed E-state index contributed by atoms with van der Waals surface area (Å²) in [4.78, 5) is 0. The highest BCUT2D eigenvalue weighted by Gasteiger charge is 2.22. The Morgan fingerprint density at radius 2 is 2.10 bits per heavy atom. The average Bonchev–Trinajstić information content (AvgIpc) is 2.86. The number of halogens is 3. The topological polar surface area (TPSA) is 35.2 Å². The maximum Gasteiger partial charge on any atom is 0.129 e. The van der Waals surface area contributed by atoms with Gasteiger partial charge in [0, 0.05) is 28.1 Å². The monoisotopic (exact) mass is 325 g/mol. The van der Waals surface area contributed by atoms with Crippen molar-refractivity contribution in [3.8, 4) is 5.75 Å². The molecule has 1 unspecified atom stereocenters. The number of ether oxygens (including phenoxy) is 1. The van der Waals surface area contributed by atoms with Crippen LogP contribution >= 0.6 is 23.2 Å². The second-order valence-corrected chi connectivity index (χ2v) is 5.94. The molecule has 1 aliphatic heterocycles. The van der Waals surface area contributed by atoms with Crippen molar-refractivity contribution in [2.45, 2.75) is 18.9 Å². The lowest BCUT2D eigenvalue weighted by atomic mass is 9.97. The number of nitrogens with two attached hydrogens (primary N) is 1. The van der Waals surface area contributed by atoms with Crippen LogP contribution in [0.3, 0.4) is 0 Å². The Morgan fingerprint density at radius 3 is 2.86 bits per heavy atom. The van der Waals surface area contributed by atoms with Crippen LogP contribution in [0.4, 0.5) is 4.39 Å². The van der Waals surface area contributed by atoms with E-state index in [1.54, 1.807) is 12.1 Å². The summed E-state index contributed by atoms with van der Waals surface area (Å²) in [6, 6.07) is 7.73. The third-order valence-corrected chi connectivity index (χ3v) is 4.18. The van der Waals surface area contributed by atoms with Gasteiger partial charge in [-0.2, -0.15) is 0 Å². The normalized spacial score (nSPS) is 14.7. The van der Waals surface area contributed by atoms with Crippen LogP contribution < -0.4 is 10.5 Å². The highest BCUT2D eigenvalue weighted by atomic mass is 35.5. The zero-order chi connectivity index (χ0) is 15.0. The van der Waals surface area contributed by atoms with Gasteiger partial charge >= 0.3 is 0 Å². The van der Waals surface area contributed by atoms with E-state index in [9.17, 15) is 4.39 Å². The molecule has 0 fully saturated rings. The average molecular weight is 326 g/mol. The van der Waals surface area contributed by atoms with Crippen molar-refractivity contribution in [3.05, 3.63) is 62.9 Å². The zero-order valence-corrected chi connectivity index (χ0v) is 12.7. The van der Waals surface area contributed by atoms with Crippen LogP contribution in [0.15, 0.2) is 30.3 Å². The minimum atomic E-state index is -0.550. The fourth-order valence-electron chi connectivity index (χ4n) is 2.70. The van der Waals surface area contributed by atoms with E-state index in [2.05, 4.69) is 0 Å². The van der Waals surface area contributed by atoms with Crippen LogP contribution in [0.25, 0.3) is 0 Å². The van der Waals surface area contributed by atoms with Gasteiger partial charge in [0.1, 0.15) is 11.6 Å². The molecule has 0 bridgehead atoms. The van der Waals surface area contributed by atoms with E-state index in [1.165, 1.54) is 6.07 Å². The Bertz CT molecular complexity index is 670. The lowest BCUT2D eigenvalue weighted by Crippen LogP contribution is -2.16. The first-order valence-corrected chi connectivity index (χ1v) is 7.45. The molecule has 1 aliphatic rings. The van der Waals surface area contributed by atoms with E-state index in [4.69, 9.17) is 33.7 Å². The van der Waals surface area contributed by atoms with Crippen LogP contribution in [0.2, 0.25) is 10.0 Å². The second kappa shape index (κ2) is 5.84. The van der Waals surface area contributed by atoms with Gasteiger partial charge in [-0.3, -0.25) is 0 Å². The molecule has 0 aliphatic carbocycles. The first kappa shape index (κ1) is 14.6. The number of benzene rings is 2. The molecule has 0 saturated carbocycles.